The van der Waals surface area contributed by atoms with Crippen molar-refractivity contribution in [2.24, 2.45) is 5.41 Å². The molecule has 2 N–H and O–H groups in total. The number of aliphatic carboxylic acids is 1. The van der Waals surface area contributed by atoms with Crippen molar-refractivity contribution in [3.8, 4) is 11.5 Å². The first kappa shape index (κ1) is 27.0. The minimum Gasteiger partial charge on any atom is -0.493 e. The topological polar surface area (TPSA) is 110 Å². The lowest BCUT2D eigenvalue weighted by Crippen LogP contribution is -2.36. The Morgan fingerprint density at radius 2 is 1.84 bits per heavy atom. The summed E-state index contributed by atoms with van der Waals surface area (Å²) in [5, 5.41) is 13.1. The van der Waals surface area contributed by atoms with Gasteiger partial charge in [0, 0.05) is 37.0 Å². The average Bonchev–Trinajstić information content (AvgIpc) is 3.50. The van der Waals surface area contributed by atoms with Gasteiger partial charge in [-0.1, -0.05) is 6.07 Å². The molecular weight excluding hydrogens is 486 g/mol. The molecule has 0 radical (unpaired) electrons. The number of ether oxygens (including phenoxy) is 2. The van der Waals surface area contributed by atoms with E-state index >= 15 is 0 Å². The van der Waals surface area contributed by atoms with Crippen LogP contribution < -0.4 is 14.8 Å². The number of amides is 2. The normalized spacial score (nSPS) is 15.5. The zero-order valence-corrected chi connectivity index (χ0v) is 22.3. The number of anilines is 1. The maximum Gasteiger partial charge on any atom is 0.309 e. The van der Waals surface area contributed by atoms with Crippen molar-refractivity contribution in [3.63, 3.8) is 0 Å². The van der Waals surface area contributed by atoms with E-state index in [4.69, 9.17) is 9.47 Å². The van der Waals surface area contributed by atoms with Crippen LogP contribution in [-0.2, 0) is 16.1 Å². The number of aromatic nitrogens is 1. The van der Waals surface area contributed by atoms with Crippen molar-refractivity contribution in [2.75, 3.05) is 25.0 Å². The van der Waals surface area contributed by atoms with E-state index in [9.17, 15) is 19.5 Å². The van der Waals surface area contributed by atoms with Crippen molar-refractivity contribution in [1.29, 1.82) is 0 Å². The average molecular weight is 522 g/mol. The predicted molar refractivity (Wildman–Crippen MR) is 145 cm³/mol. The minimum atomic E-state index is -1.10. The van der Waals surface area contributed by atoms with Crippen LogP contribution in [0.25, 0.3) is 10.9 Å². The second-order valence-corrected chi connectivity index (χ2v) is 10.1. The van der Waals surface area contributed by atoms with Crippen molar-refractivity contribution < 1.29 is 29.0 Å². The van der Waals surface area contributed by atoms with E-state index in [1.807, 2.05) is 42.7 Å². The summed E-state index contributed by atoms with van der Waals surface area (Å²) in [5.74, 6) is 0.00648. The molecule has 4 rings (SSSR count). The SMILES string of the molecule is CCOc1cccc2c1cc(C(=O)Nc1ccc(O[C@H]3CCN(C(=O)CC(C)(C)C(=O)O)C3)cc1)n2CC. The van der Waals surface area contributed by atoms with Gasteiger partial charge in [0.2, 0.25) is 5.91 Å². The highest BCUT2D eigenvalue weighted by atomic mass is 16.5. The molecule has 2 heterocycles. The van der Waals surface area contributed by atoms with E-state index in [-0.39, 0.29) is 24.3 Å². The van der Waals surface area contributed by atoms with Crippen LogP contribution >= 0.6 is 0 Å². The van der Waals surface area contributed by atoms with E-state index in [0.29, 0.717) is 49.8 Å². The van der Waals surface area contributed by atoms with Crippen LogP contribution in [0.2, 0.25) is 0 Å². The van der Waals surface area contributed by atoms with Crippen molar-refractivity contribution >= 4 is 34.4 Å². The van der Waals surface area contributed by atoms with Gasteiger partial charge >= 0.3 is 5.97 Å². The predicted octanol–water partition coefficient (Wildman–Crippen LogP) is 4.79. The molecule has 1 atom stereocenters. The maximum absolute atomic E-state index is 13.2. The molecule has 1 saturated heterocycles. The van der Waals surface area contributed by atoms with Crippen LogP contribution in [0.3, 0.4) is 0 Å². The van der Waals surface area contributed by atoms with Gasteiger partial charge in [-0.15, -0.1) is 0 Å². The van der Waals surface area contributed by atoms with Crippen molar-refractivity contribution in [1.82, 2.24) is 9.47 Å². The second-order valence-electron chi connectivity index (χ2n) is 10.1. The standard InChI is InChI=1S/C29H35N3O6/c1-5-32-23-8-7-9-25(37-6-2)22(23)16-24(32)27(34)30-19-10-12-20(13-11-19)38-21-14-15-31(18-21)26(33)17-29(3,4)28(35)36/h7-13,16,21H,5-6,14-15,17-18H2,1-4H3,(H,30,34)(H,35,36)/t21-/m0/s1. The molecule has 1 aliphatic heterocycles. The van der Waals surface area contributed by atoms with Gasteiger partial charge in [0.05, 0.1) is 24.1 Å². The summed E-state index contributed by atoms with van der Waals surface area (Å²) in [6, 6.07) is 14.8. The fourth-order valence-electron chi connectivity index (χ4n) is 4.69. The first-order chi connectivity index (χ1) is 18.1. The zero-order valence-electron chi connectivity index (χ0n) is 22.3. The maximum atomic E-state index is 13.2. The first-order valence-corrected chi connectivity index (χ1v) is 13.0. The van der Waals surface area contributed by atoms with Crippen LogP contribution in [0.5, 0.6) is 11.5 Å². The fraction of sp³-hybridized carbons (Fsp3) is 0.414. The molecule has 9 nitrogen and oxygen atoms in total. The van der Waals surface area contributed by atoms with Gasteiger partial charge in [0.1, 0.15) is 23.3 Å². The Bertz CT molecular complexity index is 1330. The molecule has 38 heavy (non-hydrogen) atoms. The number of carboxylic acid groups (broad SMARTS) is 1. The quantitative estimate of drug-likeness (QED) is 0.397. The number of benzene rings is 2. The number of likely N-dealkylation sites (tertiary alicyclic amines) is 1. The van der Waals surface area contributed by atoms with Crippen LogP contribution in [0.4, 0.5) is 5.69 Å². The van der Waals surface area contributed by atoms with Crippen molar-refractivity contribution in [2.45, 2.75) is 53.2 Å². The van der Waals surface area contributed by atoms with Gasteiger partial charge in [-0.2, -0.15) is 0 Å². The Morgan fingerprint density at radius 3 is 2.50 bits per heavy atom. The summed E-state index contributed by atoms with van der Waals surface area (Å²) in [6.07, 6.45) is 0.447. The third kappa shape index (κ3) is 5.77. The minimum absolute atomic E-state index is 0.0482. The van der Waals surface area contributed by atoms with E-state index in [1.165, 1.54) is 0 Å². The smallest absolute Gasteiger partial charge is 0.309 e. The summed E-state index contributed by atoms with van der Waals surface area (Å²) in [5.41, 5.74) is 1.03. The monoisotopic (exact) mass is 521 g/mol. The molecule has 1 fully saturated rings. The number of rotatable bonds is 10. The van der Waals surface area contributed by atoms with Crippen LogP contribution in [0.15, 0.2) is 48.5 Å². The number of hydrogen-bond donors (Lipinski definition) is 2. The molecule has 2 aromatic carbocycles. The summed E-state index contributed by atoms with van der Waals surface area (Å²) < 4.78 is 13.8. The highest BCUT2D eigenvalue weighted by molar-refractivity contribution is 6.07. The van der Waals surface area contributed by atoms with E-state index in [0.717, 1.165) is 16.7 Å². The van der Waals surface area contributed by atoms with E-state index in [2.05, 4.69) is 5.32 Å². The highest BCUT2D eigenvalue weighted by Gasteiger charge is 2.35. The summed E-state index contributed by atoms with van der Waals surface area (Å²) in [6.45, 7) is 9.17. The zero-order chi connectivity index (χ0) is 27.4. The number of aryl methyl sites for hydroxylation is 1. The number of nitrogens with zero attached hydrogens (tertiary/aromatic N) is 2. The number of fused-ring (bicyclic) bond motifs is 1. The van der Waals surface area contributed by atoms with Gasteiger partial charge in [-0.3, -0.25) is 14.4 Å². The molecule has 0 unspecified atom stereocenters. The van der Waals surface area contributed by atoms with Gasteiger partial charge in [0.25, 0.3) is 5.91 Å². The lowest BCUT2D eigenvalue weighted by atomic mass is 9.89. The molecule has 3 aromatic rings. The molecule has 9 heteroatoms. The Hall–Kier alpha value is -4.01. The lowest BCUT2D eigenvalue weighted by Gasteiger charge is -2.23. The number of carboxylic acids is 1. The molecule has 1 aliphatic rings. The molecule has 0 aliphatic carbocycles. The summed E-state index contributed by atoms with van der Waals surface area (Å²) in [4.78, 5) is 38.7. The third-order valence-electron chi connectivity index (χ3n) is 6.84. The Kier molecular flexibility index (Phi) is 7.94. The van der Waals surface area contributed by atoms with E-state index in [1.54, 1.807) is 43.0 Å². The lowest BCUT2D eigenvalue weighted by molar-refractivity contribution is -0.151. The van der Waals surface area contributed by atoms with Gasteiger partial charge < -0.3 is 29.4 Å². The van der Waals surface area contributed by atoms with Gasteiger partial charge in [-0.05, 0) is 70.2 Å². The summed E-state index contributed by atoms with van der Waals surface area (Å²) in [7, 11) is 0. The molecule has 0 spiro atoms. The Labute approximate surface area is 222 Å². The van der Waals surface area contributed by atoms with Crippen LogP contribution in [0, 0.1) is 5.41 Å². The fourth-order valence-corrected chi connectivity index (χ4v) is 4.69. The molecule has 0 bridgehead atoms. The Balaban J connectivity index is 1.37. The Morgan fingerprint density at radius 1 is 1.11 bits per heavy atom. The molecule has 2 amide bonds. The number of nitrogens with one attached hydrogen (secondary N) is 1. The van der Waals surface area contributed by atoms with Crippen molar-refractivity contribution in [3.05, 3.63) is 54.2 Å². The van der Waals surface area contributed by atoms with Gasteiger partial charge in [0.15, 0.2) is 0 Å². The number of carbonyl (C=O) groups excluding carboxylic acids is 2. The van der Waals surface area contributed by atoms with Crippen LogP contribution in [0.1, 0.15) is 51.0 Å². The highest BCUT2D eigenvalue weighted by Crippen LogP contribution is 2.30. The molecular formula is C29H35N3O6. The molecule has 1 aromatic heterocycles. The second kappa shape index (κ2) is 11.2. The first-order valence-electron chi connectivity index (χ1n) is 13.0. The van der Waals surface area contributed by atoms with Crippen LogP contribution in [-0.4, -0.2) is 58.2 Å². The number of hydrogen-bond acceptors (Lipinski definition) is 5. The number of carbonyl (C=O) groups is 3. The van der Waals surface area contributed by atoms with E-state index < -0.39 is 11.4 Å². The largest absolute Gasteiger partial charge is 0.493 e. The third-order valence-corrected chi connectivity index (χ3v) is 6.84. The molecule has 0 saturated carbocycles. The van der Waals surface area contributed by atoms with Gasteiger partial charge in [-0.25, -0.2) is 0 Å². The summed E-state index contributed by atoms with van der Waals surface area (Å²) >= 11 is 0. The molecule has 202 valence electrons.